The average Bonchev–Trinajstić information content (AvgIpc) is 2.66. The van der Waals surface area contributed by atoms with Crippen LogP contribution in [0.5, 0.6) is 5.75 Å². The molecule has 0 saturated carbocycles. The number of aliphatic carboxylic acids is 1. The lowest BCUT2D eigenvalue weighted by Crippen LogP contribution is -2.42. The van der Waals surface area contributed by atoms with Crippen molar-refractivity contribution in [3.63, 3.8) is 0 Å². The molecule has 2 aromatic carbocycles. The summed E-state index contributed by atoms with van der Waals surface area (Å²) in [6, 6.07) is 14.3. The largest absolute Gasteiger partial charge is 0.483 e. The number of carbonyl (C=O) groups is 3. The Morgan fingerprint density at radius 3 is 2.30 bits per heavy atom. The zero-order valence-electron chi connectivity index (χ0n) is 15.2. The number of carbonyl (C=O) groups excluding carboxylic acids is 2. The van der Waals surface area contributed by atoms with Crippen LogP contribution < -0.4 is 10.1 Å². The van der Waals surface area contributed by atoms with Crippen LogP contribution in [0.1, 0.15) is 15.9 Å². The summed E-state index contributed by atoms with van der Waals surface area (Å²) in [6.45, 7) is -0.219. The van der Waals surface area contributed by atoms with E-state index in [1.54, 1.807) is 56.6 Å². The lowest BCUT2D eigenvalue weighted by Gasteiger charge is -2.17. The third-order valence-corrected chi connectivity index (χ3v) is 3.87. The maximum Gasteiger partial charge on any atom is 0.326 e. The molecule has 0 saturated heterocycles. The molecule has 0 fully saturated rings. The van der Waals surface area contributed by atoms with Gasteiger partial charge in [-0.3, -0.25) is 9.59 Å². The van der Waals surface area contributed by atoms with E-state index in [0.717, 1.165) is 5.56 Å². The topological polar surface area (TPSA) is 95.9 Å². The minimum absolute atomic E-state index is 0.157. The van der Waals surface area contributed by atoms with Gasteiger partial charge in [-0.2, -0.15) is 0 Å². The number of ether oxygens (including phenoxy) is 1. The van der Waals surface area contributed by atoms with Crippen LogP contribution in [0.15, 0.2) is 54.6 Å². The number of hydrogen-bond acceptors (Lipinski definition) is 4. The molecule has 1 atom stereocenters. The van der Waals surface area contributed by atoms with E-state index in [1.165, 1.54) is 11.0 Å². The molecule has 142 valence electrons. The summed E-state index contributed by atoms with van der Waals surface area (Å²) < 4.78 is 5.44. The number of likely N-dealkylation sites (N-methyl/N-ethyl adjacent to an activating group) is 1. The minimum Gasteiger partial charge on any atom is -0.483 e. The van der Waals surface area contributed by atoms with Crippen LogP contribution in [0.2, 0.25) is 0 Å². The molecule has 1 unspecified atom stereocenters. The molecule has 0 bridgehead atoms. The van der Waals surface area contributed by atoms with Crippen molar-refractivity contribution in [2.75, 3.05) is 20.7 Å². The van der Waals surface area contributed by atoms with Gasteiger partial charge >= 0.3 is 5.97 Å². The van der Waals surface area contributed by atoms with Crippen molar-refractivity contribution in [1.82, 2.24) is 10.2 Å². The fraction of sp³-hybridized carbons (Fsp3) is 0.250. The van der Waals surface area contributed by atoms with E-state index in [2.05, 4.69) is 5.32 Å². The van der Waals surface area contributed by atoms with E-state index in [0.29, 0.717) is 0 Å². The summed E-state index contributed by atoms with van der Waals surface area (Å²) in [5.41, 5.74) is 0.967. The van der Waals surface area contributed by atoms with Crippen molar-refractivity contribution in [2.45, 2.75) is 12.5 Å². The molecule has 27 heavy (non-hydrogen) atoms. The first kappa shape index (κ1) is 20.0. The summed E-state index contributed by atoms with van der Waals surface area (Å²) in [5, 5.41) is 12.0. The number of nitrogens with one attached hydrogen (secondary N) is 1. The molecular weight excluding hydrogens is 348 g/mol. The molecular formula is C20H22N2O5. The molecule has 0 aliphatic heterocycles. The van der Waals surface area contributed by atoms with Gasteiger partial charge in [0.2, 0.25) is 0 Å². The predicted octanol–water partition coefficient (Wildman–Crippen LogP) is 1.58. The number of amides is 2. The first-order valence-corrected chi connectivity index (χ1v) is 8.38. The zero-order valence-corrected chi connectivity index (χ0v) is 15.2. The Morgan fingerprint density at radius 2 is 1.67 bits per heavy atom. The van der Waals surface area contributed by atoms with Gasteiger partial charge in [0.05, 0.1) is 5.56 Å². The number of rotatable bonds is 8. The summed E-state index contributed by atoms with van der Waals surface area (Å²) in [7, 11) is 3.21. The Balaban J connectivity index is 2.11. The fourth-order valence-corrected chi connectivity index (χ4v) is 2.33. The second-order valence-electron chi connectivity index (χ2n) is 6.13. The normalized spacial score (nSPS) is 11.3. The fourth-order valence-electron chi connectivity index (χ4n) is 2.33. The molecule has 0 aliphatic rings. The highest BCUT2D eigenvalue weighted by Crippen LogP contribution is 2.18. The summed E-state index contributed by atoms with van der Waals surface area (Å²) in [6.07, 6.45) is 0.157. The third-order valence-electron chi connectivity index (χ3n) is 3.87. The Hall–Kier alpha value is -3.35. The molecule has 0 radical (unpaired) electrons. The van der Waals surface area contributed by atoms with Gasteiger partial charge in [-0.15, -0.1) is 0 Å². The van der Waals surface area contributed by atoms with E-state index < -0.39 is 17.9 Å². The standard InChI is InChI=1S/C20H22N2O5/c1-22(2)18(23)13-27-17-11-7-6-10-15(17)19(24)21-16(20(25)26)12-14-8-4-3-5-9-14/h3-11,16H,12-13H2,1-2H3,(H,21,24)(H,25,26). The Bertz CT molecular complexity index is 805. The predicted molar refractivity (Wildman–Crippen MR) is 99.7 cm³/mol. The zero-order chi connectivity index (χ0) is 19.8. The number of para-hydroxylation sites is 1. The van der Waals surface area contributed by atoms with Gasteiger partial charge in [-0.25, -0.2) is 4.79 Å². The maximum absolute atomic E-state index is 12.6. The van der Waals surface area contributed by atoms with Crippen molar-refractivity contribution in [2.24, 2.45) is 0 Å². The second-order valence-corrected chi connectivity index (χ2v) is 6.13. The Morgan fingerprint density at radius 1 is 1.04 bits per heavy atom. The van der Waals surface area contributed by atoms with Gasteiger partial charge in [0, 0.05) is 20.5 Å². The monoisotopic (exact) mass is 370 g/mol. The first-order chi connectivity index (χ1) is 12.9. The minimum atomic E-state index is -1.13. The summed E-state index contributed by atoms with van der Waals surface area (Å²) in [4.78, 5) is 37.2. The van der Waals surface area contributed by atoms with Gasteiger partial charge in [0.1, 0.15) is 11.8 Å². The Kier molecular flexibility index (Phi) is 6.93. The van der Waals surface area contributed by atoms with Crippen LogP contribution in [0, 0.1) is 0 Å². The van der Waals surface area contributed by atoms with E-state index >= 15 is 0 Å². The molecule has 0 aromatic heterocycles. The van der Waals surface area contributed by atoms with Crippen molar-refractivity contribution in [3.8, 4) is 5.75 Å². The van der Waals surface area contributed by atoms with Crippen LogP contribution in [0.25, 0.3) is 0 Å². The van der Waals surface area contributed by atoms with Gasteiger partial charge in [-0.1, -0.05) is 42.5 Å². The molecule has 2 aromatic rings. The molecule has 0 heterocycles. The van der Waals surface area contributed by atoms with Crippen LogP contribution in [0.3, 0.4) is 0 Å². The molecule has 2 amide bonds. The molecule has 2 rings (SSSR count). The lowest BCUT2D eigenvalue weighted by molar-refractivity contribution is -0.139. The molecule has 2 N–H and O–H groups in total. The maximum atomic E-state index is 12.6. The summed E-state index contributed by atoms with van der Waals surface area (Å²) >= 11 is 0. The third kappa shape index (κ3) is 5.85. The highest BCUT2D eigenvalue weighted by atomic mass is 16.5. The van der Waals surface area contributed by atoms with Crippen molar-refractivity contribution >= 4 is 17.8 Å². The lowest BCUT2D eigenvalue weighted by atomic mass is 10.1. The number of nitrogens with zero attached hydrogens (tertiary/aromatic N) is 1. The van der Waals surface area contributed by atoms with E-state index in [4.69, 9.17) is 4.74 Å². The van der Waals surface area contributed by atoms with E-state index in [9.17, 15) is 19.5 Å². The van der Waals surface area contributed by atoms with Crippen LogP contribution in [-0.2, 0) is 16.0 Å². The van der Waals surface area contributed by atoms with Crippen molar-refractivity contribution < 1.29 is 24.2 Å². The van der Waals surface area contributed by atoms with Gasteiger partial charge in [-0.05, 0) is 17.7 Å². The quantitative estimate of drug-likeness (QED) is 0.736. The second kappa shape index (κ2) is 9.38. The SMILES string of the molecule is CN(C)C(=O)COc1ccccc1C(=O)NC(Cc1ccccc1)C(=O)O. The highest BCUT2D eigenvalue weighted by Gasteiger charge is 2.23. The average molecular weight is 370 g/mol. The van der Waals surface area contributed by atoms with Crippen LogP contribution in [-0.4, -0.2) is 54.5 Å². The van der Waals surface area contributed by atoms with Gasteiger partial charge in [0.15, 0.2) is 6.61 Å². The number of benzene rings is 2. The first-order valence-electron chi connectivity index (χ1n) is 8.38. The molecule has 7 heteroatoms. The smallest absolute Gasteiger partial charge is 0.326 e. The molecule has 0 spiro atoms. The van der Waals surface area contributed by atoms with E-state index in [1.807, 2.05) is 6.07 Å². The van der Waals surface area contributed by atoms with Crippen molar-refractivity contribution in [1.29, 1.82) is 0 Å². The molecule has 7 nitrogen and oxygen atoms in total. The Labute approximate surface area is 157 Å². The van der Waals surface area contributed by atoms with Crippen LogP contribution in [0.4, 0.5) is 0 Å². The van der Waals surface area contributed by atoms with Gasteiger partial charge in [0.25, 0.3) is 11.8 Å². The number of carboxylic acid groups (broad SMARTS) is 1. The summed E-state index contributed by atoms with van der Waals surface area (Å²) in [5.74, 6) is -1.74. The number of hydrogen-bond donors (Lipinski definition) is 2. The number of carboxylic acids is 1. The van der Waals surface area contributed by atoms with Crippen molar-refractivity contribution in [3.05, 3.63) is 65.7 Å². The van der Waals surface area contributed by atoms with E-state index in [-0.39, 0.29) is 30.2 Å². The molecule has 0 aliphatic carbocycles. The van der Waals surface area contributed by atoms with Gasteiger partial charge < -0.3 is 20.1 Å². The highest BCUT2D eigenvalue weighted by molar-refractivity contribution is 5.99. The van der Waals surface area contributed by atoms with Crippen LogP contribution >= 0.6 is 0 Å².